The molecule has 0 heterocycles. The minimum atomic E-state index is -0.0197. The molecule has 0 spiro atoms. The third-order valence-electron chi connectivity index (χ3n) is 5.24. The number of fused-ring (bicyclic) bond motifs is 6. The lowest BCUT2D eigenvalue weighted by atomic mass is 9.77. The molecule has 2 aromatic carbocycles. The highest BCUT2D eigenvalue weighted by molar-refractivity contribution is 6.20. The standard InChI is InChI=1S/C19H14O2/c20-18-14-8-7-12-11-4-2-1-3-10(11)5-6-13(12)17(14)19(21)16-9-15(16)18/h1-4,7-8,15-16H,5-6,9H2/t15-,16+/m0/s1. The molecule has 2 atom stereocenters. The maximum atomic E-state index is 12.6. The van der Waals surface area contributed by atoms with Gasteiger partial charge in [-0.1, -0.05) is 36.4 Å². The Labute approximate surface area is 122 Å². The molecular weight excluding hydrogens is 260 g/mol. The van der Waals surface area contributed by atoms with Crippen LogP contribution in [0.5, 0.6) is 0 Å². The molecule has 5 rings (SSSR count). The second kappa shape index (κ2) is 3.70. The molecule has 1 fully saturated rings. The Kier molecular flexibility index (Phi) is 2.02. The molecule has 0 radical (unpaired) electrons. The number of hydrogen-bond acceptors (Lipinski definition) is 2. The van der Waals surface area contributed by atoms with Crippen molar-refractivity contribution in [1.29, 1.82) is 0 Å². The Morgan fingerprint density at radius 1 is 0.762 bits per heavy atom. The van der Waals surface area contributed by atoms with Crippen LogP contribution in [0.15, 0.2) is 36.4 Å². The predicted octanol–water partition coefficient (Wildman–Crippen LogP) is 3.47. The number of Topliss-reactive ketones (excluding diaryl/α,β-unsaturated/α-hetero) is 2. The summed E-state index contributed by atoms with van der Waals surface area (Å²) < 4.78 is 0. The van der Waals surface area contributed by atoms with Gasteiger partial charge in [-0.3, -0.25) is 9.59 Å². The van der Waals surface area contributed by atoms with Gasteiger partial charge in [0.25, 0.3) is 0 Å². The minimum Gasteiger partial charge on any atom is -0.294 e. The molecule has 0 N–H and O–H groups in total. The normalized spacial score (nSPS) is 24.8. The Hall–Kier alpha value is -2.22. The number of hydrogen-bond donors (Lipinski definition) is 0. The zero-order chi connectivity index (χ0) is 14.1. The molecule has 2 nitrogen and oxygen atoms in total. The fraction of sp³-hybridized carbons (Fsp3) is 0.263. The largest absolute Gasteiger partial charge is 0.294 e. The molecule has 3 aliphatic rings. The van der Waals surface area contributed by atoms with E-state index < -0.39 is 0 Å². The van der Waals surface area contributed by atoms with Gasteiger partial charge in [0.2, 0.25) is 0 Å². The quantitative estimate of drug-likeness (QED) is 0.737. The van der Waals surface area contributed by atoms with Crippen LogP contribution in [0.4, 0.5) is 0 Å². The van der Waals surface area contributed by atoms with Crippen LogP contribution in [0.3, 0.4) is 0 Å². The molecule has 0 aromatic heterocycles. The van der Waals surface area contributed by atoms with Gasteiger partial charge in [-0.25, -0.2) is 0 Å². The molecule has 2 aromatic rings. The lowest BCUT2D eigenvalue weighted by Crippen LogP contribution is -2.23. The summed E-state index contributed by atoms with van der Waals surface area (Å²) in [5, 5.41) is 0. The first-order chi connectivity index (χ1) is 10.3. The van der Waals surface area contributed by atoms with Gasteiger partial charge in [-0.2, -0.15) is 0 Å². The number of carbonyl (C=O) groups is 2. The number of ketones is 2. The molecule has 21 heavy (non-hydrogen) atoms. The monoisotopic (exact) mass is 274 g/mol. The molecular formula is C19H14O2. The number of benzene rings is 2. The summed E-state index contributed by atoms with van der Waals surface area (Å²) in [5.41, 5.74) is 6.23. The van der Waals surface area contributed by atoms with E-state index in [0.29, 0.717) is 5.56 Å². The van der Waals surface area contributed by atoms with Crippen molar-refractivity contribution in [3.8, 4) is 11.1 Å². The Bertz CT molecular complexity index is 831. The van der Waals surface area contributed by atoms with Gasteiger partial charge < -0.3 is 0 Å². The van der Waals surface area contributed by atoms with Crippen LogP contribution in [0, 0.1) is 11.8 Å². The fourth-order valence-electron chi connectivity index (χ4n) is 4.07. The second-order valence-electron chi connectivity index (χ2n) is 6.35. The summed E-state index contributed by atoms with van der Waals surface area (Å²) in [6, 6.07) is 12.3. The third kappa shape index (κ3) is 1.37. The zero-order valence-electron chi connectivity index (χ0n) is 11.6. The number of aryl methyl sites for hydroxylation is 1. The van der Waals surface area contributed by atoms with Gasteiger partial charge in [-0.15, -0.1) is 0 Å². The highest BCUT2D eigenvalue weighted by atomic mass is 16.1. The van der Waals surface area contributed by atoms with E-state index in [1.54, 1.807) is 0 Å². The molecule has 0 bridgehead atoms. The molecule has 3 aliphatic carbocycles. The van der Waals surface area contributed by atoms with Crippen LogP contribution >= 0.6 is 0 Å². The molecule has 0 amide bonds. The van der Waals surface area contributed by atoms with E-state index in [1.165, 1.54) is 11.1 Å². The minimum absolute atomic E-state index is 0.0149. The third-order valence-corrected chi connectivity index (χ3v) is 5.24. The summed E-state index contributed by atoms with van der Waals surface area (Å²) in [7, 11) is 0. The van der Waals surface area contributed by atoms with Gasteiger partial charge in [0.1, 0.15) is 0 Å². The second-order valence-corrected chi connectivity index (χ2v) is 6.35. The average Bonchev–Trinajstić information content (AvgIpc) is 3.32. The SMILES string of the molecule is O=C1c2ccc3c(c2C(=O)[C@@H]2C[C@H]12)CCc1ccccc1-3. The van der Waals surface area contributed by atoms with Gasteiger partial charge in [0, 0.05) is 23.0 Å². The van der Waals surface area contributed by atoms with E-state index in [4.69, 9.17) is 0 Å². The Morgan fingerprint density at radius 3 is 2.43 bits per heavy atom. The van der Waals surface area contributed by atoms with Crippen LogP contribution in [-0.4, -0.2) is 11.6 Å². The van der Waals surface area contributed by atoms with Gasteiger partial charge in [0.05, 0.1) is 0 Å². The van der Waals surface area contributed by atoms with E-state index in [2.05, 4.69) is 18.2 Å². The first-order valence-electron chi connectivity index (χ1n) is 7.58. The maximum absolute atomic E-state index is 12.6. The van der Waals surface area contributed by atoms with Crippen molar-refractivity contribution < 1.29 is 9.59 Å². The average molecular weight is 274 g/mol. The smallest absolute Gasteiger partial charge is 0.167 e. The lowest BCUT2D eigenvalue weighted by Gasteiger charge is -2.25. The van der Waals surface area contributed by atoms with E-state index >= 15 is 0 Å². The van der Waals surface area contributed by atoms with Crippen molar-refractivity contribution in [3.05, 3.63) is 58.7 Å². The van der Waals surface area contributed by atoms with Crippen LogP contribution in [-0.2, 0) is 12.8 Å². The molecule has 0 saturated heterocycles. The van der Waals surface area contributed by atoms with Crippen molar-refractivity contribution in [2.75, 3.05) is 0 Å². The maximum Gasteiger partial charge on any atom is 0.167 e. The lowest BCUT2D eigenvalue weighted by molar-refractivity contribution is 0.0877. The van der Waals surface area contributed by atoms with Crippen LogP contribution < -0.4 is 0 Å². The molecule has 0 aliphatic heterocycles. The first kappa shape index (κ1) is 11.4. The molecule has 0 unspecified atom stereocenters. The van der Waals surface area contributed by atoms with Gasteiger partial charge in [0.15, 0.2) is 11.6 Å². The molecule has 2 heteroatoms. The van der Waals surface area contributed by atoms with Crippen molar-refractivity contribution in [2.24, 2.45) is 11.8 Å². The topological polar surface area (TPSA) is 34.1 Å². The number of carbonyl (C=O) groups excluding carboxylic acids is 2. The van der Waals surface area contributed by atoms with Crippen molar-refractivity contribution in [1.82, 2.24) is 0 Å². The summed E-state index contributed by atoms with van der Waals surface area (Å²) in [4.78, 5) is 25.0. The summed E-state index contributed by atoms with van der Waals surface area (Å²) in [6.07, 6.45) is 2.58. The van der Waals surface area contributed by atoms with Crippen molar-refractivity contribution >= 4 is 11.6 Å². The highest BCUT2D eigenvalue weighted by Crippen LogP contribution is 2.50. The van der Waals surface area contributed by atoms with Crippen LogP contribution in [0.2, 0.25) is 0 Å². The molecule has 102 valence electrons. The Balaban J connectivity index is 1.81. The summed E-state index contributed by atoms with van der Waals surface area (Å²) >= 11 is 0. The number of rotatable bonds is 0. The zero-order valence-corrected chi connectivity index (χ0v) is 11.6. The van der Waals surface area contributed by atoms with E-state index in [-0.39, 0.29) is 23.4 Å². The van der Waals surface area contributed by atoms with Crippen LogP contribution in [0.1, 0.15) is 38.3 Å². The van der Waals surface area contributed by atoms with E-state index in [1.807, 2.05) is 18.2 Å². The Morgan fingerprint density at radius 2 is 1.52 bits per heavy atom. The summed E-state index contributed by atoms with van der Waals surface area (Å²) in [5.74, 6) is 0.370. The molecule has 1 saturated carbocycles. The summed E-state index contributed by atoms with van der Waals surface area (Å²) in [6.45, 7) is 0. The van der Waals surface area contributed by atoms with E-state index in [0.717, 1.165) is 36.0 Å². The fourth-order valence-corrected chi connectivity index (χ4v) is 4.07. The van der Waals surface area contributed by atoms with Crippen molar-refractivity contribution in [2.45, 2.75) is 19.3 Å². The van der Waals surface area contributed by atoms with Crippen LogP contribution in [0.25, 0.3) is 11.1 Å². The predicted molar refractivity (Wildman–Crippen MR) is 79.5 cm³/mol. The highest BCUT2D eigenvalue weighted by Gasteiger charge is 2.53. The van der Waals surface area contributed by atoms with E-state index in [9.17, 15) is 9.59 Å². The van der Waals surface area contributed by atoms with Gasteiger partial charge in [-0.05, 0) is 41.5 Å². The first-order valence-corrected chi connectivity index (χ1v) is 7.58. The van der Waals surface area contributed by atoms with Gasteiger partial charge >= 0.3 is 0 Å². The van der Waals surface area contributed by atoms with Crippen molar-refractivity contribution in [3.63, 3.8) is 0 Å².